The molecule has 0 aromatic heterocycles. The molecular formula is C73H68Br2O15Si11. The van der Waals surface area contributed by atoms with Crippen molar-refractivity contribution in [2.24, 2.45) is 0 Å². The molecule has 0 radical (unpaired) electrons. The Kier molecular flexibility index (Phi) is 20.8. The van der Waals surface area contributed by atoms with Gasteiger partial charge < -0.3 is 62.7 Å². The minimum Gasteiger partial charge on any atom is -0.497 e. The quantitative estimate of drug-likeness (QED) is 0.0933. The molecule has 4 aliphatic rings. The van der Waals surface area contributed by atoms with Gasteiger partial charge in [0.1, 0.15) is 16.2 Å². The Bertz CT molecular complexity index is 4680. The second-order valence-corrected chi connectivity index (χ2v) is 55.4. The number of aryl methyl sites for hydroxylation is 1. The number of hydrogen-bond acceptors (Lipinski definition) is 15. The summed E-state index contributed by atoms with van der Waals surface area (Å²) < 4.78 is 127. The van der Waals surface area contributed by atoms with Gasteiger partial charge in [0.2, 0.25) is 0 Å². The molecule has 6 bridgehead atoms. The Labute approximate surface area is 619 Å². The predicted molar refractivity (Wildman–Crippen MR) is 423 cm³/mol. The molecule has 10 atom stereocenters. The van der Waals surface area contributed by atoms with Gasteiger partial charge in [-0.3, -0.25) is 0 Å². The monoisotopic (exact) mass is 1650 g/mol. The van der Waals surface area contributed by atoms with E-state index < -0.39 is 88.5 Å². The van der Waals surface area contributed by atoms with Gasteiger partial charge >= 0.3 is 88.5 Å². The van der Waals surface area contributed by atoms with Gasteiger partial charge in [0.15, 0.2) is 0 Å². The van der Waals surface area contributed by atoms with Gasteiger partial charge in [0.05, 0.1) is 13.3 Å². The van der Waals surface area contributed by atoms with Crippen LogP contribution in [0.15, 0.2) is 330 Å². The molecule has 9 unspecified atom stereocenters. The standard InChI is InChI=1S/C73H68Br2O15Si11/c1-59-38-50-67(51-39-59)95(57-55-61-42-46-63(75)47-43-61)84-99(71-32-18-7-19-33-71)82-93(65-24-10-3-11-25-65)81-96(68-26-12-4-13-27-68)77-58-92-79-94(66-52-48-64(76-2)49-53-66,56-54-60-40-44-62(74)45-41-60)83-97(78-91,69-28-14-5-15-29-69)87-101(90-99,73-36-22-9-23-37-73)89-98(80-92,70-30-16-6-17-31-70)88-100(85-95,86-96)72-34-20-8-21-35-72/h3-57,92-93H,58H2,1-2,91H3/b56-54+,57-55+/t92?,93?,94?,95?,96?,97?,98-,99?,100?,101?/m0/s1. The smallest absolute Gasteiger partial charge is 0.497 e. The highest BCUT2D eigenvalue weighted by molar-refractivity contribution is 9.10. The fraction of sp³-hybridized carbons (Fsp3) is 0.0411. The van der Waals surface area contributed by atoms with Gasteiger partial charge in [-0.15, -0.1) is 0 Å². The van der Waals surface area contributed by atoms with E-state index >= 15 is 0 Å². The molecule has 15 nitrogen and oxygen atoms in total. The van der Waals surface area contributed by atoms with E-state index in [4.69, 9.17) is 62.7 Å². The molecule has 0 N–H and O–H groups in total. The van der Waals surface area contributed by atoms with E-state index in [9.17, 15) is 0 Å². The van der Waals surface area contributed by atoms with Crippen LogP contribution in [-0.4, -0.2) is 112 Å². The highest BCUT2D eigenvalue weighted by Gasteiger charge is 2.76. The Balaban J connectivity index is 1.18. The maximum Gasteiger partial charge on any atom is 0.521 e. The maximum atomic E-state index is 8.92. The van der Waals surface area contributed by atoms with Gasteiger partial charge in [-0.25, -0.2) is 0 Å². The van der Waals surface area contributed by atoms with Crippen LogP contribution < -0.4 is 51.4 Å². The number of hydrogen-bond donors (Lipinski definition) is 0. The molecule has 11 aromatic carbocycles. The average Bonchev–Trinajstić information content (AvgIpc) is 1.59. The molecule has 4 saturated heterocycles. The molecule has 508 valence electrons. The molecule has 0 amide bonds. The molecular weight excluding hydrogens is 1590 g/mol. The topological polar surface area (TPSA) is 138 Å². The number of halogens is 2. The summed E-state index contributed by atoms with van der Waals surface area (Å²) in [5.74, 6) is 0.608. The Morgan fingerprint density at radius 3 is 1.21 bits per heavy atom. The highest BCUT2D eigenvalue weighted by Crippen LogP contribution is 2.42. The maximum absolute atomic E-state index is 8.92. The second kappa shape index (κ2) is 29.9. The summed E-state index contributed by atoms with van der Waals surface area (Å²) in [7, 11) is -46.4. The molecule has 0 spiro atoms. The van der Waals surface area contributed by atoms with Crippen molar-refractivity contribution in [3.8, 4) is 5.75 Å². The predicted octanol–water partition coefficient (Wildman–Crippen LogP) is 7.56. The van der Waals surface area contributed by atoms with Crippen molar-refractivity contribution < 1.29 is 62.7 Å². The van der Waals surface area contributed by atoms with Gasteiger partial charge in [-0.2, -0.15) is 0 Å². The lowest BCUT2D eigenvalue weighted by Crippen LogP contribution is -2.86. The number of rotatable bonds is 15. The normalized spacial score (nSPS) is 28.4. The zero-order valence-corrected chi connectivity index (χ0v) is 70.5. The Hall–Kier alpha value is -6.51. The lowest BCUT2D eigenvalue weighted by molar-refractivity contribution is 0.0926. The lowest BCUT2D eigenvalue weighted by Gasteiger charge is -2.54. The van der Waals surface area contributed by atoms with Crippen LogP contribution >= 0.6 is 31.9 Å². The Morgan fingerprint density at radius 1 is 0.356 bits per heavy atom. The SMILES string of the molecule is COc1ccc([Si]2(/C=C/c3ccc(Br)cc3)O[SiH]3CO[Si]4(c5ccccc5)O[SiH](c5ccccc5)O[Si]5(c6ccccc6)O[Si](/C=C/c6ccc(Br)cc6)(c6ccc(C)cc6)O[Si](c6ccccc6)(O4)O[Si@](c4ccccc4)(O3)O[Si](c3ccccc3)(O[Si](O[SiH3])(c3ccccc3)O2)O5)cc1. The van der Waals surface area contributed by atoms with Crippen LogP contribution in [0.3, 0.4) is 0 Å². The minimum atomic E-state index is -5.43. The van der Waals surface area contributed by atoms with Crippen molar-refractivity contribution >= 4 is 190 Å². The van der Waals surface area contributed by atoms with Crippen LogP contribution in [0.2, 0.25) is 0 Å². The van der Waals surface area contributed by atoms with E-state index in [1.54, 1.807) is 7.11 Å². The molecule has 4 fully saturated rings. The fourth-order valence-corrected chi connectivity index (χ4v) is 64.8. The molecule has 101 heavy (non-hydrogen) atoms. The minimum absolute atomic E-state index is 0.0312. The molecule has 0 aliphatic carbocycles. The van der Waals surface area contributed by atoms with E-state index in [1.807, 2.05) is 303 Å². The van der Waals surface area contributed by atoms with Crippen molar-refractivity contribution in [2.75, 3.05) is 13.3 Å². The van der Waals surface area contributed by atoms with Crippen LogP contribution in [0.4, 0.5) is 0 Å². The third-order valence-corrected chi connectivity index (χ3v) is 59.2. The fourth-order valence-electron chi connectivity index (χ4n) is 12.4. The van der Waals surface area contributed by atoms with Crippen LogP contribution in [0.25, 0.3) is 12.2 Å². The van der Waals surface area contributed by atoms with Crippen LogP contribution in [-0.2, 0) is 57.9 Å². The number of ether oxygens (including phenoxy) is 1. The first-order valence-corrected chi connectivity index (χ1v) is 52.6. The summed E-state index contributed by atoms with van der Waals surface area (Å²) in [6.45, 7) is 2.05. The second-order valence-electron chi connectivity index (χ2n) is 24.2. The number of benzene rings is 11. The first-order valence-electron chi connectivity index (χ1n) is 32.8. The molecule has 28 heteroatoms. The van der Waals surface area contributed by atoms with Gasteiger partial charge in [0, 0.05) is 40.1 Å². The van der Waals surface area contributed by atoms with Gasteiger partial charge in [-0.05, 0) is 81.4 Å². The summed E-state index contributed by atoms with van der Waals surface area (Å²) in [6.07, 6.45) is 3.79. The Morgan fingerprint density at radius 2 is 0.733 bits per heavy atom. The number of fused-ring (bicyclic) bond motifs is 6. The van der Waals surface area contributed by atoms with Crippen LogP contribution in [0.5, 0.6) is 5.75 Å². The van der Waals surface area contributed by atoms with Crippen molar-refractivity contribution in [1.29, 1.82) is 0 Å². The van der Waals surface area contributed by atoms with E-state index in [-0.39, 0.29) is 16.7 Å². The van der Waals surface area contributed by atoms with Crippen molar-refractivity contribution in [3.63, 3.8) is 0 Å². The van der Waals surface area contributed by atoms with Gasteiger partial charge in [-0.1, -0.05) is 323 Å². The molecule has 4 aliphatic heterocycles. The first kappa shape index (κ1) is 70.2. The summed E-state index contributed by atoms with van der Waals surface area (Å²) >= 11 is 7.41. The van der Waals surface area contributed by atoms with Crippen molar-refractivity contribution in [1.82, 2.24) is 0 Å². The zero-order valence-electron chi connectivity index (χ0n) is 55.0. The molecule has 4 heterocycles. The highest BCUT2D eigenvalue weighted by atomic mass is 79.9. The summed E-state index contributed by atoms with van der Waals surface area (Å²) in [5.41, 5.74) is 6.76. The van der Waals surface area contributed by atoms with E-state index in [2.05, 4.69) is 68.7 Å². The average molecular weight is 1650 g/mol. The number of methoxy groups -OCH3 is 1. The lowest BCUT2D eigenvalue weighted by atomic mass is 10.2. The van der Waals surface area contributed by atoms with E-state index in [0.717, 1.165) is 25.6 Å². The van der Waals surface area contributed by atoms with Crippen molar-refractivity contribution in [3.05, 3.63) is 346 Å². The summed E-state index contributed by atoms with van der Waals surface area (Å²) in [4.78, 5) is 0. The van der Waals surface area contributed by atoms with E-state index in [1.165, 1.54) is 0 Å². The first-order chi connectivity index (χ1) is 49.3. The van der Waals surface area contributed by atoms with Crippen LogP contribution in [0, 0.1) is 6.92 Å². The van der Waals surface area contributed by atoms with Gasteiger partial charge in [0.25, 0.3) is 0 Å². The van der Waals surface area contributed by atoms with E-state index in [0.29, 0.717) is 52.4 Å². The third kappa shape index (κ3) is 14.5. The molecule has 0 saturated carbocycles. The zero-order chi connectivity index (χ0) is 69.0. The van der Waals surface area contributed by atoms with Crippen molar-refractivity contribution in [2.45, 2.75) is 6.92 Å². The largest absolute Gasteiger partial charge is 0.521 e. The summed E-state index contributed by atoms with van der Waals surface area (Å²) in [5, 5.41) is 5.17. The third-order valence-electron chi connectivity index (χ3n) is 17.5. The summed E-state index contributed by atoms with van der Waals surface area (Å²) in [6, 6.07) is 101. The molecule has 15 rings (SSSR count). The molecule has 11 aromatic rings. The van der Waals surface area contributed by atoms with Crippen LogP contribution in [0.1, 0.15) is 16.7 Å².